The smallest absolute Gasteiger partial charge is 0.226 e. The van der Waals surface area contributed by atoms with Crippen LogP contribution in [0.2, 0.25) is 0 Å². The summed E-state index contributed by atoms with van der Waals surface area (Å²) in [5, 5.41) is 3.19. The Bertz CT molecular complexity index is 486. The van der Waals surface area contributed by atoms with Crippen molar-refractivity contribution in [3.63, 3.8) is 0 Å². The van der Waals surface area contributed by atoms with Gasteiger partial charge in [-0.15, -0.1) is 0 Å². The van der Waals surface area contributed by atoms with E-state index < -0.39 is 0 Å². The third kappa shape index (κ3) is 2.78. The van der Waals surface area contributed by atoms with Crippen LogP contribution in [0.3, 0.4) is 0 Å². The fourth-order valence-electron chi connectivity index (χ4n) is 2.35. The lowest BCUT2D eigenvalue weighted by Crippen LogP contribution is -2.33. The molecule has 1 heterocycles. The van der Waals surface area contributed by atoms with Crippen LogP contribution in [0.4, 0.5) is 5.69 Å². The maximum atomic E-state index is 11.6. The van der Waals surface area contributed by atoms with E-state index in [0.29, 0.717) is 12.5 Å². The molecule has 1 aliphatic heterocycles. The molecule has 0 saturated carbocycles. The van der Waals surface area contributed by atoms with E-state index in [1.807, 2.05) is 0 Å². The lowest BCUT2D eigenvalue weighted by atomic mass is 10.0. The first-order valence-corrected chi connectivity index (χ1v) is 6.88. The predicted octanol–water partition coefficient (Wildman–Crippen LogP) is 2.25. The minimum absolute atomic E-state index is 0.0378. The van der Waals surface area contributed by atoms with Gasteiger partial charge in [-0.1, -0.05) is 32.0 Å². The SMILES string of the molecule is CCc1cccc(CC)c1N=C1NCCN1C(C)=O. The van der Waals surface area contributed by atoms with Gasteiger partial charge in [0.05, 0.1) is 5.69 Å². The second-order valence-electron chi connectivity index (χ2n) is 4.66. The molecule has 2 rings (SSSR count). The fraction of sp³-hybridized carbons (Fsp3) is 0.467. The van der Waals surface area contributed by atoms with Crippen LogP contribution in [-0.2, 0) is 17.6 Å². The molecule has 19 heavy (non-hydrogen) atoms. The summed E-state index contributed by atoms with van der Waals surface area (Å²) in [5.41, 5.74) is 3.47. The van der Waals surface area contributed by atoms with E-state index in [2.05, 4.69) is 37.4 Å². The third-order valence-corrected chi connectivity index (χ3v) is 3.44. The summed E-state index contributed by atoms with van der Waals surface area (Å²) in [4.78, 5) is 18.0. The quantitative estimate of drug-likeness (QED) is 0.905. The van der Waals surface area contributed by atoms with E-state index in [4.69, 9.17) is 4.99 Å². The Morgan fingerprint density at radius 3 is 2.47 bits per heavy atom. The van der Waals surface area contributed by atoms with Crippen LogP contribution in [0.15, 0.2) is 23.2 Å². The molecule has 0 aliphatic carbocycles. The maximum absolute atomic E-state index is 11.6. The lowest BCUT2D eigenvalue weighted by molar-refractivity contribution is -0.124. The van der Waals surface area contributed by atoms with Gasteiger partial charge in [-0.25, -0.2) is 4.99 Å². The highest BCUT2D eigenvalue weighted by Gasteiger charge is 2.22. The number of carbonyl (C=O) groups excluding carboxylic acids is 1. The summed E-state index contributed by atoms with van der Waals surface area (Å²) < 4.78 is 0. The maximum Gasteiger partial charge on any atom is 0.226 e. The molecule has 102 valence electrons. The van der Waals surface area contributed by atoms with Crippen LogP contribution in [-0.4, -0.2) is 29.9 Å². The molecule has 0 unspecified atom stereocenters. The standard InChI is InChI=1S/C15H21N3O/c1-4-12-7-6-8-13(5-2)14(12)17-15-16-9-10-18(15)11(3)19/h6-8H,4-5,9-10H2,1-3H3,(H,16,17). The molecule has 0 spiro atoms. The van der Waals surface area contributed by atoms with Gasteiger partial charge in [0.15, 0.2) is 0 Å². The van der Waals surface area contributed by atoms with Crippen LogP contribution in [0, 0.1) is 0 Å². The number of guanidine groups is 1. The van der Waals surface area contributed by atoms with Gasteiger partial charge in [0.2, 0.25) is 11.9 Å². The molecule has 1 fully saturated rings. The van der Waals surface area contributed by atoms with Crippen molar-refractivity contribution < 1.29 is 4.79 Å². The molecule has 0 radical (unpaired) electrons. The normalized spacial score (nSPS) is 16.8. The van der Waals surface area contributed by atoms with Crippen molar-refractivity contribution in [3.05, 3.63) is 29.3 Å². The first-order valence-electron chi connectivity index (χ1n) is 6.88. The van der Waals surface area contributed by atoms with E-state index >= 15 is 0 Å². The largest absolute Gasteiger partial charge is 0.354 e. The monoisotopic (exact) mass is 259 g/mol. The average Bonchev–Trinajstić information content (AvgIpc) is 2.87. The number of aryl methyl sites for hydroxylation is 2. The summed E-state index contributed by atoms with van der Waals surface area (Å²) >= 11 is 0. The minimum atomic E-state index is 0.0378. The van der Waals surface area contributed by atoms with Crippen molar-refractivity contribution in [2.45, 2.75) is 33.6 Å². The molecule has 1 N–H and O–H groups in total. The van der Waals surface area contributed by atoms with Gasteiger partial charge in [-0.05, 0) is 24.0 Å². The van der Waals surface area contributed by atoms with E-state index in [9.17, 15) is 4.79 Å². The third-order valence-electron chi connectivity index (χ3n) is 3.44. The lowest BCUT2D eigenvalue weighted by Gasteiger charge is -2.15. The number of carbonyl (C=O) groups is 1. The number of hydrogen-bond donors (Lipinski definition) is 1. The van der Waals surface area contributed by atoms with Gasteiger partial charge in [0.25, 0.3) is 0 Å². The zero-order valence-corrected chi connectivity index (χ0v) is 11.9. The summed E-state index contributed by atoms with van der Waals surface area (Å²) in [6.45, 7) is 7.31. The number of amides is 1. The fourth-order valence-corrected chi connectivity index (χ4v) is 2.35. The number of rotatable bonds is 3. The highest BCUT2D eigenvalue weighted by molar-refractivity contribution is 5.98. The zero-order valence-electron chi connectivity index (χ0n) is 11.9. The van der Waals surface area contributed by atoms with Gasteiger partial charge in [0, 0.05) is 20.0 Å². The number of aliphatic imine (C=N–C) groups is 1. The molecule has 1 aromatic carbocycles. The first-order chi connectivity index (χ1) is 9.17. The van der Waals surface area contributed by atoms with Gasteiger partial charge < -0.3 is 5.32 Å². The van der Waals surface area contributed by atoms with Crippen molar-refractivity contribution in [1.29, 1.82) is 0 Å². The van der Waals surface area contributed by atoms with Crippen molar-refractivity contribution in [2.24, 2.45) is 4.99 Å². The molecule has 4 heteroatoms. The predicted molar refractivity (Wildman–Crippen MR) is 77.7 cm³/mol. The van der Waals surface area contributed by atoms with Crippen LogP contribution < -0.4 is 5.32 Å². The van der Waals surface area contributed by atoms with Gasteiger partial charge in [0.1, 0.15) is 0 Å². The molecule has 0 bridgehead atoms. The van der Waals surface area contributed by atoms with E-state index in [1.54, 1.807) is 11.8 Å². The second-order valence-corrected chi connectivity index (χ2v) is 4.66. The molecule has 1 amide bonds. The van der Waals surface area contributed by atoms with Gasteiger partial charge in [-0.2, -0.15) is 0 Å². The van der Waals surface area contributed by atoms with Gasteiger partial charge >= 0.3 is 0 Å². The van der Waals surface area contributed by atoms with E-state index in [1.165, 1.54) is 11.1 Å². The highest BCUT2D eigenvalue weighted by Crippen LogP contribution is 2.26. The summed E-state index contributed by atoms with van der Waals surface area (Å²) in [5.74, 6) is 0.721. The Morgan fingerprint density at radius 1 is 1.32 bits per heavy atom. The van der Waals surface area contributed by atoms with Crippen molar-refractivity contribution in [1.82, 2.24) is 10.2 Å². The van der Waals surface area contributed by atoms with Crippen molar-refractivity contribution >= 4 is 17.6 Å². The highest BCUT2D eigenvalue weighted by atomic mass is 16.2. The number of para-hydroxylation sites is 1. The topological polar surface area (TPSA) is 44.7 Å². The second kappa shape index (κ2) is 5.87. The summed E-state index contributed by atoms with van der Waals surface area (Å²) in [6, 6.07) is 6.28. The number of nitrogens with one attached hydrogen (secondary N) is 1. The van der Waals surface area contributed by atoms with Crippen LogP contribution in [0.1, 0.15) is 31.9 Å². The van der Waals surface area contributed by atoms with Crippen LogP contribution >= 0.6 is 0 Å². The molecule has 1 aliphatic rings. The molecular formula is C15H21N3O. The number of nitrogens with zero attached hydrogens (tertiary/aromatic N) is 2. The Balaban J connectivity index is 2.44. The molecule has 0 atom stereocenters. The Labute approximate surface area is 114 Å². The van der Waals surface area contributed by atoms with Crippen LogP contribution in [0.5, 0.6) is 0 Å². The Kier molecular flexibility index (Phi) is 4.20. The van der Waals surface area contributed by atoms with Crippen molar-refractivity contribution in [2.75, 3.05) is 13.1 Å². The van der Waals surface area contributed by atoms with E-state index in [-0.39, 0.29) is 5.91 Å². The Morgan fingerprint density at radius 2 is 1.95 bits per heavy atom. The molecule has 1 saturated heterocycles. The number of benzene rings is 1. The van der Waals surface area contributed by atoms with E-state index in [0.717, 1.165) is 25.1 Å². The average molecular weight is 259 g/mol. The molecular weight excluding hydrogens is 238 g/mol. The van der Waals surface area contributed by atoms with Crippen molar-refractivity contribution in [3.8, 4) is 0 Å². The minimum Gasteiger partial charge on any atom is -0.354 e. The summed E-state index contributed by atoms with van der Waals surface area (Å²) in [6.07, 6.45) is 1.89. The molecule has 4 nitrogen and oxygen atoms in total. The summed E-state index contributed by atoms with van der Waals surface area (Å²) in [7, 11) is 0. The van der Waals surface area contributed by atoms with Crippen LogP contribution in [0.25, 0.3) is 0 Å². The zero-order chi connectivity index (χ0) is 13.8. The number of hydrogen-bond acceptors (Lipinski definition) is 2. The molecule has 1 aromatic rings. The first kappa shape index (κ1) is 13.6. The van der Waals surface area contributed by atoms with Gasteiger partial charge in [-0.3, -0.25) is 9.69 Å². The molecule has 0 aromatic heterocycles. The Hall–Kier alpha value is -1.84.